The van der Waals surface area contributed by atoms with E-state index in [1.807, 2.05) is 31.2 Å². The summed E-state index contributed by atoms with van der Waals surface area (Å²) < 4.78 is 5.09. The van der Waals surface area contributed by atoms with Crippen LogP contribution in [0.5, 0.6) is 0 Å². The van der Waals surface area contributed by atoms with Gasteiger partial charge in [0.1, 0.15) is 5.41 Å². The molecular weight excluding hydrogens is 314 g/mol. The van der Waals surface area contributed by atoms with Gasteiger partial charge in [0.25, 0.3) is 0 Å². The van der Waals surface area contributed by atoms with Crippen LogP contribution in [0.1, 0.15) is 18.4 Å². The van der Waals surface area contributed by atoms with Crippen LogP contribution in [0.3, 0.4) is 0 Å². The minimum absolute atomic E-state index is 0.0167. The highest BCUT2D eigenvalue weighted by Crippen LogP contribution is 2.31. The van der Waals surface area contributed by atoms with E-state index < -0.39 is 11.4 Å². The van der Waals surface area contributed by atoms with Crippen molar-refractivity contribution in [2.45, 2.75) is 24.7 Å². The number of rotatable bonds is 6. The molecule has 1 aliphatic rings. The lowest BCUT2D eigenvalue weighted by Gasteiger charge is -2.39. The zero-order chi connectivity index (χ0) is 16.9. The Bertz CT molecular complexity index is 556. The number of piperidine rings is 1. The predicted octanol–water partition coefficient (Wildman–Crippen LogP) is 2.43. The van der Waals surface area contributed by atoms with Crippen LogP contribution in [0.15, 0.2) is 29.2 Å². The van der Waals surface area contributed by atoms with Crippen molar-refractivity contribution < 1.29 is 19.4 Å². The van der Waals surface area contributed by atoms with Crippen LogP contribution in [0, 0.1) is 12.3 Å². The summed E-state index contributed by atoms with van der Waals surface area (Å²) in [5.41, 5.74) is 0.208. The van der Waals surface area contributed by atoms with Gasteiger partial charge in [0.2, 0.25) is 5.91 Å². The average Bonchev–Trinajstić information content (AvgIpc) is 2.54. The lowest BCUT2D eigenvalue weighted by Crippen LogP contribution is -2.52. The quantitative estimate of drug-likeness (QED) is 0.808. The standard InChI is InChI=1S/C17H23NO4S/c1-13-4-6-14(7-5-13)23-10-15(19)18-9-3-8-17(11-18,12-22-2)16(20)21/h4-7H,3,8-12H2,1-2H3,(H,20,21). The molecule has 2 rings (SSSR count). The third-order valence-electron chi connectivity index (χ3n) is 4.19. The van der Waals surface area contributed by atoms with Gasteiger partial charge in [0, 0.05) is 25.1 Å². The fourth-order valence-corrected chi connectivity index (χ4v) is 3.65. The van der Waals surface area contributed by atoms with E-state index >= 15 is 0 Å². The molecule has 0 saturated carbocycles. The van der Waals surface area contributed by atoms with E-state index in [0.717, 1.165) is 4.90 Å². The molecule has 1 aromatic rings. The van der Waals surface area contributed by atoms with Gasteiger partial charge in [-0.15, -0.1) is 11.8 Å². The molecule has 6 heteroatoms. The molecule has 1 amide bonds. The number of hydrogen-bond donors (Lipinski definition) is 1. The van der Waals surface area contributed by atoms with Crippen LogP contribution in [-0.4, -0.2) is 54.4 Å². The highest BCUT2D eigenvalue weighted by molar-refractivity contribution is 8.00. The van der Waals surface area contributed by atoms with Crippen molar-refractivity contribution in [3.05, 3.63) is 29.8 Å². The molecule has 126 valence electrons. The van der Waals surface area contributed by atoms with Crippen LogP contribution in [0.2, 0.25) is 0 Å². The molecule has 0 bridgehead atoms. The number of nitrogens with zero attached hydrogens (tertiary/aromatic N) is 1. The summed E-state index contributed by atoms with van der Waals surface area (Å²) in [7, 11) is 1.50. The van der Waals surface area contributed by atoms with Gasteiger partial charge in [-0.25, -0.2) is 0 Å². The van der Waals surface area contributed by atoms with E-state index in [1.54, 1.807) is 4.90 Å². The number of benzene rings is 1. The molecular formula is C17H23NO4S. The van der Waals surface area contributed by atoms with Gasteiger partial charge in [-0.1, -0.05) is 17.7 Å². The first-order chi connectivity index (χ1) is 11.0. The molecule has 1 unspecified atom stereocenters. The Labute approximate surface area is 141 Å². The summed E-state index contributed by atoms with van der Waals surface area (Å²) in [6.45, 7) is 3.00. The van der Waals surface area contributed by atoms with E-state index in [1.165, 1.54) is 24.4 Å². The first-order valence-corrected chi connectivity index (χ1v) is 8.65. The largest absolute Gasteiger partial charge is 0.481 e. The second-order valence-electron chi connectivity index (χ2n) is 6.04. The van der Waals surface area contributed by atoms with E-state index in [2.05, 4.69) is 0 Å². The summed E-state index contributed by atoms with van der Waals surface area (Å²) >= 11 is 1.48. The normalized spacial score (nSPS) is 21.2. The van der Waals surface area contributed by atoms with Crippen LogP contribution < -0.4 is 0 Å². The number of carbonyl (C=O) groups excluding carboxylic acids is 1. The van der Waals surface area contributed by atoms with Gasteiger partial charge in [-0.3, -0.25) is 9.59 Å². The van der Waals surface area contributed by atoms with Crippen LogP contribution >= 0.6 is 11.8 Å². The molecule has 23 heavy (non-hydrogen) atoms. The number of hydrogen-bond acceptors (Lipinski definition) is 4. The molecule has 1 fully saturated rings. The zero-order valence-corrected chi connectivity index (χ0v) is 14.4. The summed E-state index contributed by atoms with van der Waals surface area (Å²) in [6, 6.07) is 8.02. The molecule has 1 N–H and O–H groups in total. The molecule has 0 aliphatic carbocycles. The van der Waals surface area contributed by atoms with Crippen molar-refractivity contribution in [3.8, 4) is 0 Å². The SMILES string of the molecule is COCC1(C(=O)O)CCCN(C(=O)CSc2ccc(C)cc2)C1. The summed E-state index contributed by atoms with van der Waals surface area (Å²) in [5, 5.41) is 9.53. The Morgan fingerprint density at radius 1 is 1.35 bits per heavy atom. The van der Waals surface area contributed by atoms with Crippen molar-refractivity contribution in [3.63, 3.8) is 0 Å². The zero-order valence-electron chi connectivity index (χ0n) is 13.6. The fourth-order valence-electron chi connectivity index (χ4n) is 2.85. The van der Waals surface area contributed by atoms with E-state index in [4.69, 9.17) is 4.74 Å². The van der Waals surface area contributed by atoms with Crippen LogP contribution in [0.25, 0.3) is 0 Å². The maximum Gasteiger partial charge on any atom is 0.313 e. The minimum Gasteiger partial charge on any atom is -0.481 e. The average molecular weight is 337 g/mol. The Morgan fingerprint density at radius 2 is 2.04 bits per heavy atom. The summed E-state index contributed by atoms with van der Waals surface area (Å²) in [6.07, 6.45) is 1.24. The van der Waals surface area contributed by atoms with E-state index in [-0.39, 0.29) is 19.1 Å². The highest BCUT2D eigenvalue weighted by Gasteiger charge is 2.43. The molecule has 0 aromatic heterocycles. The smallest absolute Gasteiger partial charge is 0.313 e. The number of aryl methyl sites for hydroxylation is 1. The van der Waals surface area contributed by atoms with Crippen molar-refractivity contribution in [2.24, 2.45) is 5.41 Å². The first-order valence-electron chi connectivity index (χ1n) is 7.66. The maximum absolute atomic E-state index is 12.4. The topological polar surface area (TPSA) is 66.8 Å². The van der Waals surface area contributed by atoms with Crippen LogP contribution in [-0.2, 0) is 14.3 Å². The summed E-state index contributed by atoms with van der Waals surface area (Å²) in [5.74, 6) is -0.578. The lowest BCUT2D eigenvalue weighted by atomic mass is 9.80. The molecule has 1 atom stereocenters. The lowest BCUT2D eigenvalue weighted by molar-refractivity contribution is -0.158. The predicted molar refractivity (Wildman–Crippen MR) is 89.7 cm³/mol. The van der Waals surface area contributed by atoms with Gasteiger partial charge in [-0.2, -0.15) is 0 Å². The van der Waals surface area contributed by atoms with Crippen molar-refractivity contribution >= 4 is 23.6 Å². The number of aliphatic carboxylic acids is 1. The maximum atomic E-state index is 12.4. The van der Waals surface area contributed by atoms with Gasteiger partial charge < -0.3 is 14.7 Å². The number of likely N-dealkylation sites (tertiary alicyclic amines) is 1. The third kappa shape index (κ3) is 4.48. The minimum atomic E-state index is -0.975. The number of carbonyl (C=O) groups is 2. The van der Waals surface area contributed by atoms with E-state index in [0.29, 0.717) is 25.1 Å². The Hall–Kier alpha value is -1.53. The highest BCUT2D eigenvalue weighted by atomic mass is 32.2. The summed E-state index contributed by atoms with van der Waals surface area (Å²) in [4.78, 5) is 26.8. The Kier molecular flexibility index (Phi) is 6.07. The third-order valence-corrected chi connectivity index (χ3v) is 5.18. The Morgan fingerprint density at radius 3 is 2.65 bits per heavy atom. The molecule has 5 nitrogen and oxygen atoms in total. The molecule has 0 radical (unpaired) electrons. The van der Waals surface area contributed by atoms with Crippen molar-refractivity contribution in [2.75, 3.05) is 32.6 Å². The molecule has 1 aromatic carbocycles. The number of carboxylic acids is 1. The van der Waals surface area contributed by atoms with Gasteiger partial charge in [-0.05, 0) is 31.9 Å². The molecule has 1 saturated heterocycles. The van der Waals surface area contributed by atoms with Crippen molar-refractivity contribution in [1.29, 1.82) is 0 Å². The van der Waals surface area contributed by atoms with Crippen molar-refractivity contribution in [1.82, 2.24) is 4.90 Å². The van der Waals surface area contributed by atoms with Gasteiger partial charge in [0.15, 0.2) is 0 Å². The fraction of sp³-hybridized carbons (Fsp3) is 0.529. The second kappa shape index (κ2) is 7.84. The van der Waals surface area contributed by atoms with Crippen LogP contribution in [0.4, 0.5) is 0 Å². The molecule has 1 heterocycles. The molecule has 0 spiro atoms. The number of carboxylic acid groups (broad SMARTS) is 1. The number of amides is 1. The monoisotopic (exact) mass is 337 g/mol. The Balaban J connectivity index is 1.96. The second-order valence-corrected chi connectivity index (χ2v) is 7.09. The number of methoxy groups -OCH3 is 1. The first kappa shape index (κ1) is 17.8. The number of ether oxygens (including phenoxy) is 1. The van der Waals surface area contributed by atoms with Gasteiger partial charge >= 0.3 is 5.97 Å². The molecule has 1 aliphatic heterocycles. The van der Waals surface area contributed by atoms with E-state index in [9.17, 15) is 14.7 Å². The van der Waals surface area contributed by atoms with Gasteiger partial charge in [0.05, 0.1) is 12.4 Å². The number of thioether (sulfide) groups is 1.